The van der Waals surface area contributed by atoms with Crippen LogP contribution in [0.2, 0.25) is 0 Å². The van der Waals surface area contributed by atoms with E-state index in [0.29, 0.717) is 12.2 Å². The Hall–Kier alpha value is -1.38. The van der Waals surface area contributed by atoms with Crippen LogP contribution >= 0.6 is 11.8 Å². The van der Waals surface area contributed by atoms with Gasteiger partial charge in [0, 0.05) is 24.7 Å². The van der Waals surface area contributed by atoms with Crippen LogP contribution < -0.4 is 4.72 Å². The van der Waals surface area contributed by atoms with E-state index in [-0.39, 0.29) is 12.3 Å². The van der Waals surface area contributed by atoms with E-state index in [1.54, 1.807) is 16.9 Å². The summed E-state index contributed by atoms with van der Waals surface area (Å²) in [5.74, 6) is 0.809. The molecule has 20 heavy (non-hydrogen) atoms. The van der Waals surface area contributed by atoms with Crippen LogP contribution in [-0.2, 0) is 10.0 Å². The van der Waals surface area contributed by atoms with Crippen LogP contribution in [0.15, 0.2) is 42.2 Å². The number of fused-ring (bicyclic) bond motifs is 1. The van der Waals surface area contributed by atoms with E-state index in [9.17, 15) is 8.42 Å². The van der Waals surface area contributed by atoms with Crippen molar-refractivity contribution >= 4 is 27.4 Å². The highest BCUT2D eigenvalue weighted by atomic mass is 32.2. The Morgan fingerprint density at radius 3 is 3.10 bits per heavy atom. The van der Waals surface area contributed by atoms with Crippen molar-refractivity contribution in [2.45, 2.75) is 11.4 Å². The van der Waals surface area contributed by atoms with Crippen LogP contribution in [-0.4, -0.2) is 41.1 Å². The first-order chi connectivity index (χ1) is 9.61. The second kappa shape index (κ2) is 6.87. The van der Waals surface area contributed by atoms with E-state index in [4.69, 9.17) is 0 Å². The highest BCUT2D eigenvalue weighted by Crippen LogP contribution is 2.16. The third-order valence-electron chi connectivity index (χ3n) is 2.49. The summed E-state index contributed by atoms with van der Waals surface area (Å²) < 4.78 is 27.2. The van der Waals surface area contributed by atoms with Crippen molar-refractivity contribution in [3.05, 3.63) is 37.2 Å². The molecular weight excluding hydrogens is 296 g/mol. The zero-order valence-corrected chi connectivity index (χ0v) is 12.5. The van der Waals surface area contributed by atoms with Gasteiger partial charge in [-0.15, -0.1) is 18.3 Å². The molecule has 0 saturated carbocycles. The fourth-order valence-electron chi connectivity index (χ4n) is 1.56. The van der Waals surface area contributed by atoms with Crippen LogP contribution in [0.25, 0.3) is 5.65 Å². The molecule has 0 bridgehead atoms. The van der Waals surface area contributed by atoms with Gasteiger partial charge in [-0.2, -0.15) is 5.10 Å². The molecule has 2 heterocycles. The number of rotatable bonds is 8. The van der Waals surface area contributed by atoms with E-state index < -0.39 is 10.0 Å². The van der Waals surface area contributed by atoms with Gasteiger partial charge in [0.1, 0.15) is 5.03 Å². The number of hydrogen-bond donors (Lipinski definition) is 1. The zero-order valence-electron chi connectivity index (χ0n) is 10.9. The quantitative estimate of drug-likeness (QED) is 0.452. The molecule has 0 saturated heterocycles. The van der Waals surface area contributed by atoms with Crippen molar-refractivity contribution in [2.24, 2.45) is 0 Å². The van der Waals surface area contributed by atoms with Gasteiger partial charge in [0.25, 0.3) is 0 Å². The van der Waals surface area contributed by atoms with E-state index in [2.05, 4.69) is 21.4 Å². The lowest BCUT2D eigenvalue weighted by molar-refractivity contribution is 0.584. The second-order valence-corrected chi connectivity index (χ2v) is 7.10. The highest BCUT2D eigenvalue weighted by molar-refractivity contribution is 7.99. The summed E-state index contributed by atoms with van der Waals surface area (Å²) in [6.45, 7) is 3.75. The smallest absolute Gasteiger partial charge is 0.211 e. The Labute approximate surface area is 122 Å². The molecule has 2 aromatic heterocycles. The molecular formula is C12H16N4O2S2. The molecule has 2 rings (SSSR count). The average Bonchev–Trinajstić information content (AvgIpc) is 2.89. The second-order valence-electron chi connectivity index (χ2n) is 4.06. The van der Waals surface area contributed by atoms with Crippen molar-refractivity contribution in [2.75, 3.05) is 18.1 Å². The first-order valence-electron chi connectivity index (χ1n) is 6.12. The molecule has 0 aromatic carbocycles. The molecule has 0 amide bonds. The maximum absolute atomic E-state index is 11.5. The number of hydrogen-bond acceptors (Lipinski definition) is 5. The van der Waals surface area contributed by atoms with Gasteiger partial charge >= 0.3 is 0 Å². The van der Waals surface area contributed by atoms with Crippen LogP contribution in [0.1, 0.15) is 6.42 Å². The Morgan fingerprint density at radius 1 is 1.45 bits per heavy atom. The molecule has 0 aliphatic carbocycles. The summed E-state index contributed by atoms with van der Waals surface area (Å²) in [6, 6.07) is 3.77. The lowest BCUT2D eigenvalue weighted by Crippen LogP contribution is -2.26. The van der Waals surface area contributed by atoms with Crippen molar-refractivity contribution in [3.63, 3.8) is 0 Å². The van der Waals surface area contributed by atoms with Gasteiger partial charge in [0.05, 0.1) is 5.75 Å². The monoisotopic (exact) mass is 312 g/mol. The Balaban J connectivity index is 1.79. The maximum Gasteiger partial charge on any atom is 0.211 e. The van der Waals surface area contributed by atoms with Crippen LogP contribution in [0.5, 0.6) is 0 Å². The lowest BCUT2D eigenvalue weighted by Gasteiger charge is -2.04. The molecule has 6 nitrogen and oxygen atoms in total. The standard InChI is InChI=1S/C12H16N4O2S2/c1-2-6-14-20(17,18)10-3-9-19-12-5-4-11-13-7-8-16(11)15-12/h2,4-5,7-8,14H,1,3,6,9-10H2. The van der Waals surface area contributed by atoms with Gasteiger partial charge in [-0.05, 0) is 18.6 Å². The summed E-state index contributed by atoms with van der Waals surface area (Å²) in [7, 11) is -3.19. The normalized spacial score (nSPS) is 11.8. The molecule has 0 atom stereocenters. The molecule has 2 aromatic rings. The van der Waals surface area contributed by atoms with E-state index in [1.165, 1.54) is 17.8 Å². The number of thioether (sulfide) groups is 1. The first-order valence-corrected chi connectivity index (χ1v) is 8.76. The van der Waals surface area contributed by atoms with Crippen molar-refractivity contribution in [1.82, 2.24) is 19.3 Å². The van der Waals surface area contributed by atoms with E-state index >= 15 is 0 Å². The molecule has 8 heteroatoms. The van der Waals surface area contributed by atoms with E-state index in [0.717, 1.165) is 10.7 Å². The van der Waals surface area contributed by atoms with Crippen molar-refractivity contribution in [1.29, 1.82) is 0 Å². The summed E-state index contributed by atoms with van der Waals surface area (Å²) in [4.78, 5) is 4.11. The lowest BCUT2D eigenvalue weighted by atomic mass is 10.6. The van der Waals surface area contributed by atoms with Gasteiger partial charge in [0.15, 0.2) is 5.65 Å². The Morgan fingerprint density at radius 2 is 2.30 bits per heavy atom. The molecule has 0 aliphatic rings. The number of nitrogens with one attached hydrogen (secondary N) is 1. The van der Waals surface area contributed by atoms with Crippen molar-refractivity contribution < 1.29 is 8.42 Å². The predicted molar refractivity (Wildman–Crippen MR) is 80.3 cm³/mol. The molecule has 0 aliphatic heterocycles. The summed E-state index contributed by atoms with van der Waals surface area (Å²) in [6.07, 6.45) is 5.56. The SMILES string of the molecule is C=CCNS(=O)(=O)CCCSc1ccc2nccn2n1. The van der Waals surface area contributed by atoms with Crippen LogP contribution in [0.4, 0.5) is 0 Å². The fraction of sp³-hybridized carbons (Fsp3) is 0.333. The Bertz CT molecular complexity index is 682. The maximum atomic E-state index is 11.5. The van der Waals surface area contributed by atoms with Gasteiger partial charge in [-0.3, -0.25) is 0 Å². The summed E-state index contributed by atoms with van der Waals surface area (Å²) >= 11 is 1.53. The molecule has 108 valence electrons. The summed E-state index contributed by atoms with van der Waals surface area (Å²) in [5, 5.41) is 5.21. The highest BCUT2D eigenvalue weighted by Gasteiger charge is 2.08. The van der Waals surface area contributed by atoms with Gasteiger partial charge in [-0.25, -0.2) is 22.6 Å². The number of sulfonamides is 1. The zero-order chi connectivity index (χ0) is 14.4. The minimum absolute atomic E-state index is 0.112. The largest absolute Gasteiger partial charge is 0.236 e. The number of aromatic nitrogens is 3. The van der Waals surface area contributed by atoms with Gasteiger partial charge < -0.3 is 0 Å². The third-order valence-corrected chi connectivity index (χ3v) is 4.92. The average molecular weight is 312 g/mol. The predicted octanol–water partition coefficient (Wildman–Crippen LogP) is 1.32. The third kappa shape index (κ3) is 4.32. The molecule has 0 fully saturated rings. The van der Waals surface area contributed by atoms with E-state index in [1.807, 2.05) is 12.1 Å². The topological polar surface area (TPSA) is 76.4 Å². The minimum Gasteiger partial charge on any atom is -0.236 e. The first kappa shape index (κ1) is 15.0. The van der Waals surface area contributed by atoms with Crippen LogP contribution in [0.3, 0.4) is 0 Å². The molecule has 0 spiro atoms. The molecule has 1 N–H and O–H groups in total. The van der Waals surface area contributed by atoms with Gasteiger partial charge in [0.2, 0.25) is 10.0 Å². The summed E-state index contributed by atoms with van der Waals surface area (Å²) in [5.41, 5.74) is 0.797. The van der Waals surface area contributed by atoms with Crippen LogP contribution in [0, 0.1) is 0 Å². The molecule has 0 unspecified atom stereocenters. The minimum atomic E-state index is -3.19. The number of imidazole rings is 1. The van der Waals surface area contributed by atoms with Gasteiger partial charge in [-0.1, -0.05) is 6.08 Å². The Kier molecular flexibility index (Phi) is 5.16. The number of nitrogens with zero attached hydrogens (tertiary/aromatic N) is 3. The molecule has 0 radical (unpaired) electrons. The van der Waals surface area contributed by atoms with Crippen molar-refractivity contribution in [3.8, 4) is 0 Å². The fourth-order valence-corrected chi connectivity index (χ4v) is 3.59.